The van der Waals surface area contributed by atoms with E-state index in [1.165, 1.54) is 6.33 Å². The van der Waals surface area contributed by atoms with Gasteiger partial charge in [0.15, 0.2) is 0 Å². The van der Waals surface area contributed by atoms with Gasteiger partial charge in [-0.05, 0) is 51.8 Å². The van der Waals surface area contributed by atoms with E-state index in [0.29, 0.717) is 24.3 Å². The lowest BCUT2D eigenvalue weighted by molar-refractivity contribution is -0.116. The smallest absolute Gasteiger partial charge is 0.252 e. The molecule has 1 N–H and O–H groups in total. The third-order valence-electron chi connectivity index (χ3n) is 5.37. The molecule has 3 aromatic heterocycles. The summed E-state index contributed by atoms with van der Waals surface area (Å²) in [6, 6.07) is 3.84. The van der Waals surface area contributed by atoms with E-state index in [2.05, 4.69) is 44.1 Å². The third kappa shape index (κ3) is 4.25. The Bertz CT molecular complexity index is 1040. The maximum absolute atomic E-state index is 12.5. The van der Waals surface area contributed by atoms with Gasteiger partial charge in [0, 0.05) is 30.9 Å². The molecule has 0 radical (unpaired) electrons. The Labute approximate surface area is 175 Å². The van der Waals surface area contributed by atoms with Crippen LogP contribution in [0.1, 0.15) is 37.2 Å². The fourth-order valence-electron chi connectivity index (χ4n) is 3.99. The number of pyridine rings is 1. The minimum atomic E-state index is -0.0596. The summed E-state index contributed by atoms with van der Waals surface area (Å²) in [5, 5.41) is 7.12. The number of aryl methyl sites for hydroxylation is 2. The molecule has 1 saturated heterocycles. The molecular formula is C21H27N7O2. The first-order chi connectivity index (χ1) is 14.4. The fraction of sp³-hybridized carbons (Fsp3) is 0.476. The molecule has 0 saturated carbocycles. The molecule has 1 aliphatic rings. The van der Waals surface area contributed by atoms with Crippen LogP contribution in [0, 0.1) is 13.8 Å². The molecule has 0 aliphatic carbocycles. The first-order valence-electron chi connectivity index (χ1n) is 10.2. The number of rotatable bonds is 5. The number of fused-ring (bicyclic) bond motifs is 1. The number of carbonyl (C=O) groups is 1. The van der Waals surface area contributed by atoms with E-state index in [1.54, 1.807) is 10.7 Å². The standard InChI is InChI=1S/C21H27N7O2/c1-13-10-27(11-14(2)30-13)19-7-5-17(9-22-19)26-20(29)8-6-18-15(3)25-21-23-12-24-28(21)16(18)4/h5,7,9,12-14H,6,8,10-11H2,1-4H3,(H,26,29)/t13-,14+. The summed E-state index contributed by atoms with van der Waals surface area (Å²) >= 11 is 0. The van der Waals surface area contributed by atoms with Crippen molar-refractivity contribution in [3.05, 3.63) is 41.6 Å². The molecule has 1 aliphatic heterocycles. The first-order valence-corrected chi connectivity index (χ1v) is 10.2. The number of nitrogens with one attached hydrogen (secondary N) is 1. The zero-order valence-corrected chi connectivity index (χ0v) is 17.8. The number of ether oxygens (including phenoxy) is 1. The van der Waals surface area contributed by atoms with Crippen LogP contribution in [-0.4, -0.2) is 55.8 Å². The maximum atomic E-state index is 12.5. The Morgan fingerprint density at radius 3 is 2.67 bits per heavy atom. The van der Waals surface area contributed by atoms with Crippen LogP contribution in [0.15, 0.2) is 24.7 Å². The van der Waals surface area contributed by atoms with Crippen molar-refractivity contribution in [2.75, 3.05) is 23.3 Å². The van der Waals surface area contributed by atoms with Crippen LogP contribution in [0.5, 0.6) is 0 Å². The number of morpholine rings is 1. The topological polar surface area (TPSA) is 97.5 Å². The molecule has 30 heavy (non-hydrogen) atoms. The van der Waals surface area contributed by atoms with Crippen molar-refractivity contribution in [2.45, 2.75) is 52.7 Å². The fourth-order valence-corrected chi connectivity index (χ4v) is 3.99. The Hall–Kier alpha value is -3.07. The molecule has 1 amide bonds. The van der Waals surface area contributed by atoms with Gasteiger partial charge in [0.1, 0.15) is 12.1 Å². The minimum absolute atomic E-state index is 0.0596. The Morgan fingerprint density at radius 1 is 1.20 bits per heavy atom. The molecule has 0 bridgehead atoms. The number of amides is 1. The lowest BCUT2D eigenvalue weighted by Gasteiger charge is -2.36. The van der Waals surface area contributed by atoms with Crippen molar-refractivity contribution in [1.29, 1.82) is 0 Å². The van der Waals surface area contributed by atoms with E-state index in [0.717, 1.165) is 35.9 Å². The van der Waals surface area contributed by atoms with Gasteiger partial charge in [0.05, 0.1) is 24.1 Å². The van der Waals surface area contributed by atoms with Crippen LogP contribution >= 0.6 is 0 Å². The minimum Gasteiger partial charge on any atom is -0.372 e. The summed E-state index contributed by atoms with van der Waals surface area (Å²) in [6.07, 6.45) is 4.48. The molecular weight excluding hydrogens is 382 g/mol. The van der Waals surface area contributed by atoms with Crippen LogP contribution in [0.3, 0.4) is 0 Å². The van der Waals surface area contributed by atoms with E-state index < -0.39 is 0 Å². The highest BCUT2D eigenvalue weighted by Crippen LogP contribution is 2.20. The summed E-state index contributed by atoms with van der Waals surface area (Å²) in [4.78, 5) is 27.8. The number of hydrogen-bond donors (Lipinski definition) is 1. The molecule has 0 aromatic carbocycles. The van der Waals surface area contributed by atoms with E-state index >= 15 is 0 Å². The summed E-state index contributed by atoms with van der Waals surface area (Å²) in [6.45, 7) is 9.66. The average Bonchev–Trinajstić information content (AvgIpc) is 3.16. The number of carbonyl (C=O) groups excluding carboxylic acids is 1. The van der Waals surface area contributed by atoms with Gasteiger partial charge in [-0.1, -0.05) is 0 Å². The Morgan fingerprint density at radius 2 is 1.97 bits per heavy atom. The molecule has 2 atom stereocenters. The van der Waals surface area contributed by atoms with Crippen molar-refractivity contribution in [3.8, 4) is 0 Å². The van der Waals surface area contributed by atoms with Crippen LogP contribution in [0.4, 0.5) is 11.5 Å². The number of anilines is 2. The van der Waals surface area contributed by atoms with Gasteiger partial charge < -0.3 is 15.0 Å². The summed E-state index contributed by atoms with van der Waals surface area (Å²) in [5.41, 5.74) is 3.55. The van der Waals surface area contributed by atoms with Crippen LogP contribution in [0.25, 0.3) is 5.78 Å². The highest BCUT2D eigenvalue weighted by Gasteiger charge is 2.23. The monoisotopic (exact) mass is 409 g/mol. The number of nitrogens with zero attached hydrogens (tertiary/aromatic N) is 6. The molecule has 4 heterocycles. The molecule has 9 heteroatoms. The Balaban J connectivity index is 1.36. The highest BCUT2D eigenvalue weighted by atomic mass is 16.5. The van der Waals surface area contributed by atoms with Gasteiger partial charge in [-0.15, -0.1) is 0 Å². The molecule has 0 unspecified atom stereocenters. The van der Waals surface area contributed by atoms with E-state index in [-0.39, 0.29) is 18.1 Å². The van der Waals surface area contributed by atoms with Crippen LogP contribution in [-0.2, 0) is 16.0 Å². The zero-order valence-electron chi connectivity index (χ0n) is 17.8. The zero-order chi connectivity index (χ0) is 21.3. The first kappa shape index (κ1) is 20.2. The van der Waals surface area contributed by atoms with Gasteiger partial charge in [0.25, 0.3) is 5.78 Å². The lowest BCUT2D eigenvalue weighted by Crippen LogP contribution is -2.45. The normalized spacial score (nSPS) is 19.3. The molecule has 0 spiro atoms. The summed E-state index contributed by atoms with van der Waals surface area (Å²) in [5.74, 6) is 1.41. The van der Waals surface area contributed by atoms with Gasteiger partial charge in [0.2, 0.25) is 5.91 Å². The van der Waals surface area contributed by atoms with E-state index in [9.17, 15) is 4.79 Å². The van der Waals surface area contributed by atoms with Gasteiger partial charge in [-0.25, -0.2) is 14.5 Å². The largest absolute Gasteiger partial charge is 0.372 e. The predicted molar refractivity (Wildman–Crippen MR) is 114 cm³/mol. The predicted octanol–water partition coefficient (Wildman–Crippen LogP) is 2.32. The average molecular weight is 409 g/mol. The summed E-state index contributed by atoms with van der Waals surface area (Å²) < 4.78 is 7.48. The van der Waals surface area contributed by atoms with Gasteiger partial charge in [-0.3, -0.25) is 4.79 Å². The highest BCUT2D eigenvalue weighted by molar-refractivity contribution is 5.90. The van der Waals surface area contributed by atoms with Crippen LogP contribution in [0.2, 0.25) is 0 Å². The SMILES string of the molecule is Cc1nc2ncnn2c(C)c1CCC(=O)Nc1ccc(N2C[C@@H](C)O[C@@H](C)C2)nc1. The van der Waals surface area contributed by atoms with Crippen molar-refractivity contribution in [1.82, 2.24) is 24.6 Å². The van der Waals surface area contributed by atoms with Crippen molar-refractivity contribution < 1.29 is 9.53 Å². The molecule has 9 nitrogen and oxygen atoms in total. The number of aromatic nitrogens is 5. The van der Waals surface area contributed by atoms with Crippen LogP contribution < -0.4 is 10.2 Å². The van der Waals surface area contributed by atoms with Crippen molar-refractivity contribution in [2.24, 2.45) is 0 Å². The quantitative estimate of drug-likeness (QED) is 0.691. The second-order valence-electron chi connectivity index (χ2n) is 7.85. The summed E-state index contributed by atoms with van der Waals surface area (Å²) in [7, 11) is 0. The third-order valence-corrected chi connectivity index (χ3v) is 5.37. The van der Waals surface area contributed by atoms with E-state index in [1.807, 2.05) is 26.0 Å². The van der Waals surface area contributed by atoms with Crippen molar-refractivity contribution in [3.63, 3.8) is 0 Å². The van der Waals surface area contributed by atoms with Crippen molar-refractivity contribution >= 4 is 23.2 Å². The lowest BCUT2D eigenvalue weighted by atomic mass is 10.1. The Kier molecular flexibility index (Phi) is 5.63. The molecule has 3 aromatic rings. The molecule has 1 fully saturated rings. The van der Waals surface area contributed by atoms with Gasteiger partial charge in [-0.2, -0.15) is 10.1 Å². The second-order valence-corrected chi connectivity index (χ2v) is 7.85. The maximum Gasteiger partial charge on any atom is 0.252 e. The second kappa shape index (κ2) is 8.35. The number of hydrogen-bond acceptors (Lipinski definition) is 7. The molecule has 158 valence electrons. The molecule has 4 rings (SSSR count). The van der Waals surface area contributed by atoms with E-state index in [4.69, 9.17) is 4.74 Å². The van der Waals surface area contributed by atoms with Gasteiger partial charge >= 0.3 is 0 Å².